The van der Waals surface area contributed by atoms with Gasteiger partial charge in [0.15, 0.2) is 0 Å². The second-order valence-corrected chi connectivity index (χ2v) is 6.08. The Hall–Kier alpha value is -2.40. The van der Waals surface area contributed by atoms with Crippen molar-refractivity contribution >= 4 is 21.9 Å². The van der Waals surface area contributed by atoms with E-state index in [-0.39, 0.29) is 5.97 Å². The van der Waals surface area contributed by atoms with E-state index in [9.17, 15) is 4.79 Å². The van der Waals surface area contributed by atoms with E-state index in [0.29, 0.717) is 12.3 Å². The van der Waals surface area contributed by atoms with Gasteiger partial charge in [-0.3, -0.25) is 4.79 Å². The fraction of sp³-hybridized carbons (Fsp3) is 0.111. The fourth-order valence-electron chi connectivity index (χ4n) is 2.32. The Kier molecular flexibility index (Phi) is 4.57. The number of H-pyrrole nitrogens is 1. The molecule has 3 rings (SSSR count). The van der Waals surface area contributed by atoms with Gasteiger partial charge in [0.2, 0.25) is 5.88 Å². The molecule has 0 spiro atoms. The lowest BCUT2D eigenvalue weighted by Crippen LogP contribution is -2.04. The first-order valence-corrected chi connectivity index (χ1v) is 7.96. The molecule has 0 atom stereocenters. The maximum Gasteiger partial charge on any atom is 0.309 e. The number of nitrogens with zero attached hydrogens (tertiary/aromatic N) is 1. The van der Waals surface area contributed by atoms with Gasteiger partial charge in [0.05, 0.1) is 12.0 Å². The number of carbonyl (C=O) groups excluding carboxylic acids is 1. The number of benzene rings is 2. The summed E-state index contributed by atoms with van der Waals surface area (Å²) in [5.74, 6) is -0.0292. The van der Waals surface area contributed by atoms with Gasteiger partial charge < -0.3 is 9.72 Å². The number of hydrogen-bond donors (Lipinski definition) is 1. The molecule has 0 bridgehead atoms. The van der Waals surface area contributed by atoms with Crippen molar-refractivity contribution in [2.75, 3.05) is 0 Å². The van der Waals surface area contributed by atoms with Crippen molar-refractivity contribution in [3.05, 3.63) is 70.6 Å². The second kappa shape index (κ2) is 6.79. The number of esters is 1. The molecule has 0 saturated carbocycles. The lowest BCUT2D eigenvalue weighted by molar-refractivity contribution is -0.132. The zero-order chi connectivity index (χ0) is 16.2. The molecule has 0 aliphatic heterocycles. The lowest BCUT2D eigenvalue weighted by Gasteiger charge is -2.05. The highest BCUT2D eigenvalue weighted by atomic mass is 79.9. The maximum absolute atomic E-state index is 11.1. The van der Waals surface area contributed by atoms with Crippen molar-refractivity contribution in [1.29, 1.82) is 0 Å². The van der Waals surface area contributed by atoms with Crippen LogP contribution in [0.5, 0.6) is 5.88 Å². The smallest absolute Gasteiger partial charge is 0.309 e. The average Bonchev–Trinajstić information content (AvgIpc) is 2.95. The molecule has 1 N–H and O–H groups in total. The molecule has 116 valence electrons. The van der Waals surface area contributed by atoms with Crippen molar-refractivity contribution in [2.24, 2.45) is 0 Å². The minimum atomic E-state index is -0.371. The first kappa shape index (κ1) is 15.5. The summed E-state index contributed by atoms with van der Waals surface area (Å²) in [6, 6.07) is 16.5. The molecular formula is C18H15BrN2O2. The number of aromatic amines is 1. The predicted octanol–water partition coefficient (Wildman–Crippen LogP) is 4.36. The molecule has 1 aromatic heterocycles. The molecule has 0 radical (unpaired) electrons. The van der Waals surface area contributed by atoms with E-state index in [1.165, 1.54) is 18.8 Å². The van der Waals surface area contributed by atoms with Crippen LogP contribution in [-0.2, 0) is 11.2 Å². The normalized spacial score (nSPS) is 10.5. The molecule has 1 heterocycles. The van der Waals surface area contributed by atoms with Crippen molar-refractivity contribution in [2.45, 2.75) is 13.3 Å². The summed E-state index contributed by atoms with van der Waals surface area (Å²) in [5.41, 5.74) is 4.23. The van der Waals surface area contributed by atoms with E-state index in [2.05, 4.69) is 62.3 Å². The zero-order valence-electron chi connectivity index (χ0n) is 12.5. The van der Waals surface area contributed by atoms with Gasteiger partial charge in [-0.15, -0.1) is 0 Å². The first-order chi connectivity index (χ1) is 11.1. The summed E-state index contributed by atoms with van der Waals surface area (Å²) in [5, 5.41) is 0. The molecule has 5 heteroatoms. The number of halogens is 1. The number of ether oxygens (including phenoxy) is 1. The van der Waals surface area contributed by atoms with Crippen LogP contribution in [0, 0.1) is 0 Å². The molecule has 0 fully saturated rings. The number of aromatic nitrogens is 2. The third-order valence-corrected chi connectivity index (χ3v) is 3.96. The highest BCUT2D eigenvalue weighted by Gasteiger charge is 2.10. The van der Waals surface area contributed by atoms with Crippen LogP contribution >= 0.6 is 15.9 Å². The van der Waals surface area contributed by atoms with Crippen LogP contribution < -0.4 is 4.74 Å². The van der Waals surface area contributed by atoms with Crippen LogP contribution in [0.4, 0.5) is 0 Å². The van der Waals surface area contributed by atoms with E-state index in [4.69, 9.17) is 4.74 Å². The fourth-order valence-corrected chi connectivity index (χ4v) is 2.59. The zero-order valence-corrected chi connectivity index (χ0v) is 14.1. The lowest BCUT2D eigenvalue weighted by atomic mass is 10.0. The van der Waals surface area contributed by atoms with Gasteiger partial charge in [-0.1, -0.05) is 52.3 Å². The van der Waals surface area contributed by atoms with Crippen LogP contribution in [0.25, 0.3) is 11.1 Å². The summed E-state index contributed by atoms with van der Waals surface area (Å²) in [6.45, 7) is 1.37. The van der Waals surface area contributed by atoms with Gasteiger partial charge in [0.25, 0.3) is 0 Å². The Morgan fingerprint density at radius 3 is 2.30 bits per heavy atom. The largest absolute Gasteiger partial charge is 0.406 e. The van der Waals surface area contributed by atoms with Crippen molar-refractivity contribution in [1.82, 2.24) is 9.97 Å². The predicted molar refractivity (Wildman–Crippen MR) is 92.3 cm³/mol. The standard InChI is InChI=1S/C18H15BrN2O2/c1-12(22)23-18-17(20-11-21-18)10-13-2-4-14(5-3-13)15-6-8-16(19)9-7-15/h2-9,11H,10H2,1H3,(H,20,21). The minimum absolute atomic E-state index is 0.342. The Morgan fingerprint density at radius 2 is 1.70 bits per heavy atom. The Labute approximate surface area is 142 Å². The van der Waals surface area contributed by atoms with Crippen molar-refractivity contribution < 1.29 is 9.53 Å². The number of hydrogen-bond acceptors (Lipinski definition) is 3. The second-order valence-electron chi connectivity index (χ2n) is 5.16. The van der Waals surface area contributed by atoms with Crippen LogP contribution in [0.1, 0.15) is 18.2 Å². The van der Waals surface area contributed by atoms with Crippen LogP contribution in [-0.4, -0.2) is 15.9 Å². The van der Waals surface area contributed by atoms with E-state index in [0.717, 1.165) is 21.3 Å². The Balaban J connectivity index is 1.76. The van der Waals surface area contributed by atoms with Crippen LogP contribution in [0.2, 0.25) is 0 Å². The van der Waals surface area contributed by atoms with Gasteiger partial charge in [-0.25, -0.2) is 4.98 Å². The molecular weight excluding hydrogens is 356 g/mol. The molecule has 3 aromatic rings. The summed E-state index contributed by atoms with van der Waals surface area (Å²) in [4.78, 5) is 18.1. The van der Waals surface area contributed by atoms with Gasteiger partial charge in [-0.2, -0.15) is 0 Å². The van der Waals surface area contributed by atoms with Gasteiger partial charge in [0.1, 0.15) is 0 Å². The molecule has 0 unspecified atom stereocenters. The summed E-state index contributed by atoms with van der Waals surface area (Å²) < 4.78 is 6.14. The molecule has 23 heavy (non-hydrogen) atoms. The molecule has 0 amide bonds. The number of imidazole rings is 1. The number of nitrogens with one attached hydrogen (secondary N) is 1. The number of rotatable bonds is 4. The molecule has 0 aliphatic rings. The molecule has 0 aliphatic carbocycles. The maximum atomic E-state index is 11.1. The Morgan fingerprint density at radius 1 is 1.09 bits per heavy atom. The molecule has 2 aromatic carbocycles. The summed E-state index contributed by atoms with van der Waals surface area (Å²) >= 11 is 3.44. The van der Waals surface area contributed by atoms with Crippen LogP contribution in [0.15, 0.2) is 59.3 Å². The van der Waals surface area contributed by atoms with Gasteiger partial charge in [0, 0.05) is 17.8 Å². The highest BCUT2D eigenvalue weighted by Crippen LogP contribution is 2.23. The monoisotopic (exact) mass is 370 g/mol. The minimum Gasteiger partial charge on any atom is -0.406 e. The molecule has 4 nitrogen and oxygen atoms in total. The van der Waals surface area contributed by atoms with Crippen molar-refractivity contribution in [3.8, 4) is 17.0 Å². The average molecular weight is 371 g/mol. The molecule has 0 saturated heterocycles. The topological polar surface area (TPSA) is 55.0 Å². The highest BCUT2D eigenvalue weighted by molar-refractivity contribution is 9.10. The third-order valence-electron chi connectivity index (χ3n) is 3.43. The van der Waals surface area contributed by atoms with E-state index >= 15 is 0 Å². The van der Waals surface area contributed by atoms with E-state index < -0.39 is 0 Å². The van der Waals surface area contributed by atoms with E-state index in [1.54, 1.807) is 0 Å². The third kappa shape index (κ3) is 3.87. The number of carbonyl (C=O) groups is 1. The summed E-state index contributed by atoms with van der Waals surface area (Å²) in [6.07, 6.45) is 2.16. The van der Waals surface area contributed by atoms with Gasteiger partial charge >= 0.3 is 5.97 Å². The Bertz CT molecular complexity index is 808. The first-order valence-electron chi connectivity index (χ1n) is 7.17. The SMILES string of the molecule is CC(=O)Oc1nc[nH]c1Cc1ccc(-c2ccc(Br)cc2)cc1. The van der Waals surface area contributed by atoms with Crippen LogP contribution in [0.3, 0.4) is 0 Å². The van der Waals surface area contributed by atoms with Crippen molar-refractivity contribution in [3.63, 3.8) is 0 Å². The van der Waals surface area contributed by atoms with E-state index in [1.807, 2.05) is 12.1 Å². The van der Waals surface area contributed by atoms with Gasteiger partial charge in [-0.05, 0) is 28.8 Å². The summed E-state index contributed by atoms with van der Waals surface area (Å²) in [7, 11) is 0. The quantitative estimate of drug-likeness (QED) is 0.694.